The van der Waals surface area contributed by atoms with Crippen LogP contribution in [0.15, 0.2) is 18.2 Å². The monoisotopic (exact) mass is 348 g/mol. The van der Waals surface area contributed by atoms with Gasteiger partial charge >= 0.3 is 6.09 Å². The van der Waals surface area contributed by atoms with Crippen LogP contribution in [-0.4, -0.2) is 40.4 Å². The number of nitrogens with zero attached hydrogens (tertiary/aromatic N) is 2. The molecular formula is C19H25FN2O3. The number of piperidine rings is 1. The lowest BCUT2D eigenvalue weighted by molar-refractivity contribution is -0.0389. The van der Waals surface area contributed by atoms with Crippen molar-refractivity contribution in [3.8, 4) is 6.07 Å². The van der Waals surface area contributed by atoms with Gasteiger partial charge in [-0.2, -0.15) is 5.26 Å². The number of hydrogen-bond acceptors (Lipinski definition) is 4. The van der Waals surface area contributed by atoms with E-state index in [1.165, 1.54) is 12.1 Å². The maximum absolute atomic E-state index is 13.3. The minimum atomic E-state index is -1.25. The Bertz CT molecular complexity index is 683. The van der Waals surface area contributed by atoms with Gasteiger partial charge in [-0.1, -0.05) is 6.07 Å². The molecule has 0 spiro atoms. The third kappa shape index (κ3) is 4.49. The molecule has 25 heavy (non-hydrogen) atoms. The molecule has 1 fully saturated rings. The van der Waals surface area contributed by atoms with Crippen LogP contribution in [0.4, 0.5) is 9.18 Å². The zero-order chi connectivity index (χ0) is 18.8. The van der Waals surface area contributed by atoms with Crippen LogP contribution in [0.3, 0.4) is 0 Å². The molecule has 136 valence electrons. The number of hydrogen-bond donors (Lipinski definition) is 1. The van der Waals surface area contributed by atoms with Crippen LogP contribution >= 0.6 is 0 Å². The van der Waals surface area contributed by atoms with E-state index >= 15 is 0 Å². The quantitative estimate of drug-likeness (QED) is 0.888. The summed E-state index contributed by atoms with van der Waals surface area (Å²) in [5.41, 5.74) is -0.576. The largest absolute Gasteiger partial charge is 0.444 e. The summed E-state index contributed by atoms with van der Waals surface area (Å²) in [5, 5.41) is 20.6. The first-order valence-corrected chi connectivity index (χ1v) is 8.42. The van der Waals surface area contributed by atoms with Crippen molar-refractivity contribution in [3.05, 3.63) is 35.1 Å². The van der Waals surface area contributed by atoms with Crippen LogP contribution in [0.5, 0.6) is 0 Å². The SMILES string of the molecule is Cc1cc(F)ccc1C(C#N)C1(O)CCN(C(=O)OC(C)(C)C)CC1. The summed E-state index contributed by atoms with van der Waals surface area (Å²) in [5.74, 6) is -1.14. The second-order valence-electron chi connectivity index (χ2n) is 7.63. The Morgan fingerprint density at radius 1 is 1.40 bits per heavy atom. The Labute approximate surface area is 148 Å². The predicted octanol–water partition coefficient (Wildman–Crippen LogP) is 3.50. The van der Waals surface area contributed by atoms with E-state index in [4.69, 9.17) is 4.74 Å². The maximum atomic E-state index is 13.3. The Hall–Kier alpha value is -2.13. The van der Waals surface area contributed by atoms with Gasteiger partial charge < -0.3 is 14.7 Å². The number of carbonyl (C=O) groups excluding carboxylic acids is 1. The normalized spacial score (nSPS) is 18.4. The average molecular weight is 348 g/mol. The van der Waals surface area contributed by atoms with Crippen LogP contribution < -0.4 is 0 Å². The van der Waals surface area contributed by atoms with Gasteiger partial charge in [0.1, 0.15) is 17.3 Å². The van der Waals surface area contributed by atoms with Crippen molar-refractivity contribution >= 4 is 6.09 Å². The molecule has 2 rings (SSSR count). The van der Waals surface area contributed by atoms with E-state index in [1.54, 1.807) is 38.7 Å². The van der Waals surface area contributed by atoms with E-state index in [0.717, 1.165) is 0 Å². The molecule has 0 radical (unpaired) electrons. The molecule has 1 amide bonds. The average Bonchev–Trinajstić information content (AvgIpc) is 2.49. The van der Waals surface area contributed by atoms with E-state index in [-0.39, 0.29) is 18.7 Å². The summed E-state index contributed by atoms with van der Waals surface area (Å²) in [4.78, 5) is 13.7. The summed E-state index contributed by atoms with van der Waals surface area (Å²) in [6, 6.07) is 6.37. The molecule has 1 N–H and O–H groups in total. The van der Waals surface area contributed by atoms with Crippen LogP contribution in [-0.2, 0) is 4.74 Å². The fourth-order valence-electron chi connectivity index (χ4n) is 3.13. The first kappa shape index (κ1) is 19.2. The van der Waals surface area contributed by atoms with Gasteiger partial charge in [-0.25, -0.2) is 9.18 Å². The van der Waals surface area contributed by atoms with Gasteiger partial charge in [0.05, 0.1) is 11.7 Å². The third-order valence-corrected chi connectivity index (χ3v) is 4.49. The first-order valence-electron chi connectivity index (χ1n) is 8.42. The highest BCUT2D eigenvalue weighted by atomic mass is 19.1. The van der Waals surface area contributed by atoms with Gasteiger partial charge in [-0.15, -0.1) is 0 Å². The number of benzene rings is 1. The molecule has 5 nitrogen and oxygen atoms in total. The van der Waals surface area contributed by atoms with Crippen LogP contribution in [0.2, 0.25) is 0 Å². The topological polar surface area (TPSA) is 73.6 Å². The van der Waals surface area contributed by atoms with Crippen LogP contribution in [0.25, 0.3) is 0 Å². The molecule has 1 aromatic carbocycles. The van der Waals surface area contributed by atoms with Crippen molar-refractivity contribution in [2.75, 3.05) is 13.1 Å². The summed E-state index contributed by atoms with van der Waals surface area (Å²) in [6.45, 7) is 7.74. The van der Waals surface area contributed by atoms with Gasteiger partial charge in [0.2, 0.25) is 0 Å². The second kappa shape index (κ2) is 7.01. The van der Waals surface area contributed by atoms with Crippen LogP contribution in [0.1, 0.15) is 50.7 Å². The van der Waals surface area contributed by atoms with Crippen molar-refractivity contribution in [3.63, 3.8) is 0 Å². The predicted molar refractivity (Wildman–Crippen MR) is 91.5 cm³/mol. The van der Waals surface area contributed by atoms with Gasteiger partial charge in [-0.3, -0.25) is 0 Å². The zero-order valence-electron chi connectivity index (χ0n) is 15.2. The highest BCUT2D eigenvalue weighted by molar-refractivity contribution is 5.68. The minimum absolute atomic E-state index is 0.265. The first-order chi connectivity index (χ1) is 11.6. The Kier molecular flexibility index (Phi) is 5.38. The van der Waals surface area contributed by atoms with Crippen molar-refractivity contribution in [1.82, 2.24) is 4.90 Å². The Balaban J connectivity index is 2.12. The number of aliphatic hydroxyl groups is 1. The molecule has 1 atom stereocenters. The summed E-state index contributed by atoms with van der Waals surface area (Å²) in [7, 11) is 0. The number of amides is 1. The number of aryl methyl sites for hydroxylation is 1. The van der Waals surface area contributed by atoms with Crippen molar-refractivity contribution < 1.29 is 19.0 Å². The number of nitriles is 1. The standard InChI is InChI=1S/C19H25FN2O3/c1-13-11-14(20)5-6-15(13)16(12-21)19(24)7-9-22(10-8-19)17(23)25-18(2,3)4/h5-6,11,16,24H,7-10H2,1-4H3. The molecule has 1 heterocycles. The van der Waals surface area contributed by atoms with Gasteiger partial charge in [0.15, 0.2) is 0 Å². The highest BCUT2D eigenvalue weighted by Gasteiger charge is 2.43. The summed E-state index contributed by atoms with van der Waals surface area (Å²) in [6.07, 6.45) is 0.115. The molecule has 1 aromatic rings. The third-order valence-electron chi connectivity index (χ3n) is 4.49. The van der Waals surface area contributed by atoms with Crippen LogP contribution in [0, 0.1) is 24.1 Å². The molecule has 0 saturated carbocycles. The lowest BCUT2D eigenvalue weighted by Crippen LogP contribution is -2.50. The maximum Gasteiger partial charge on any atom is 0.410 e. The summed E-state index contributed by atoms with van der Waals surface area (Å²) < 4.78 is 18.7. The Morgan fingerprint density at radius 3 is 2.48 bits per heavy atom. The molecule has 6 heteroatoms. The fourth-order valence-corrected chi connectivity index (χ4v) is 3.13. The number of halogens is 1. The van der Waals surface area contributed by atoms with Gasteiger partial charge in [0.25, 0.3) is 0 Å². The number of rotatable bonds is 2. The van der Waals surface area contributed by atoms with E-state index in [1.807, 2.05) is 0 Å². The van der Waals surface area contributed by atoms with Crippen molar-refractivity contribution in [2.45, 2.75) is 57.7 Å². The lowest BCUT2D eigenvalue weighted by atomic mass is 9.75. The molecule has 0 aliphatic carbocycles. The van der Waals surface area contributed by atoms with Gasteiger partial charge in [-0.05, 0) is 63.8 Å². The lowest BCUT2D eigenvalue weighted by Gasteiger charge is -2.41. The minimum Gasteiger partial charge on any atom is -0.444 e. The van der Waals surface area contributed by atoms with E-state index < -0.39 is 23.2 Å². The Morgan fingerprint density at radius 2 is 2.00 bits per heavy atom. The molecule has 0 aromatic heterocycles. The fraction of sp³-hybridized carbons (Fsp3) is 0.579. The van der Waals surface area contributed by atoms with Gasteiger partial charge in [0, 0.05) is 13.1 Å². The second-order valence-corrected chi connectivity index (χ2v) is 7.63. The van der Waals surface area contributed by atoms with E-state index in [0.29, 0.717) is 24.2 Å². The van der Waals surface area contributed by atoms with Crippen molar-refractivity contribution in [1.29, 1.82) is 5.26 Å². The molecule has 1 saturated heterocycles. The molecule has 1 aliphatic heterocycles. The molecule has 1 aliphatic rings. The van der Waals surface area contributed by atoms with E-state index in [9.17, 15) is 19.6 Å². The highest BCUT2D eigenvalue weighted by Crippen LogP contribution is 2.38. The molecular weight excluding hydrogens is 323 g/mol. The number of carbonyl (C=O) groups is 1. The molecule has 0 bridgehead atoms. The number of ether oxygens (including phenoxy) is 1. The summed E-state index contributed by atoms with van der Waals surface area (Å²) >= 11 is 0. The van der Waals surface area contributed by atoms with Crippen molar-refractivity contribution in [2.24, 2.45) is 0 Å². The smallest absolute Gasteiger partial charge is 0.410 e. The molecule has 1 unspecified atom stereocenters. The van der Waals surface area contributed by atoms with E-state index in [2.05, 4.69) is 6.07 Å². The zero-order valence-corrected chi connectivity index (χ0v) is 15.2. The number of likely N-dealkylation sites (tertiary alicyclic amines) is 1.